The van der Waals surface area contributed by atoms with Crippen molar-refractivity contribution in [1.82, 2.24) is 10.3 Å². The van der Waals surface area contributed by atoms with Gasteiger partial charge >= 0.3 is 5.97 Å². The molecule has 0 spiro atoms. The molecule has 1 heterocycles. The molecular formula is C11H13ClN2O4. The van der Waals surface area contributed by atoms with Gasteiger partial charge in [-0.1, -0.05) is 11.6 Å². The Morgan fingerprint density at radius 2 is 2.22 bits per heavy atom. The van der Waals surface area contributed by atoms with Crippen molar-refractivity contribution in [2.45, 2.75) is 19.4 Å². The highest BCUT2D eigenvalue weighted by atomic mass is 35.5. The number of aliphatic hydroxyl groups excluding tert-OH is 1. The number of amides is 1. The molecule has 0 saturated carbocycles. The number of carboxylic acids is 1. The van der Waals surface area contributed by atoms with E-state index in [1.807, 2.05) is 0 Å². The van der Waals surface area contributed by atoms with Gasteiger partial charge in [0, 0.05) is 24.9 Å². The lowest BCUT2D eigenvalue weighted by Crippen LogP contribution is -2.30. The first-order valence-electron chi connectivity index (χ1n) is 5.23. The first-order valence-corrected chi connectivity index (χ1v) is 5.61. The van der Waals surface area contributed by atoms with Crippen molar-refractivity contribution in [1.29, 1.82) is 0 Å². The van der Waals surface area contributed by atoms with Crippen molar-refractivity contribution in [2.75, 3.05) is 6.54 Å². The van der Waals surface area contributed by atoms with E-state index in [1.165, 1.54) is 6.20 Å². The lowest BCUT2D eigenvalue weighted by atomic mass is 10.2. The summed E-state index contributed by atoms with van der Waals surface area (Å²) in [6.45, 7) is 1.79. The number of hydrogen-bond acceptors (Lipinski definition) is 4. The highest BCUT2D eigenvalue weighted by Gasteiger charge is 2.14. The maximum atomic E-state index is 11.7. The number of hydrogen-bond donors (Lipinski definition) is 3. The van der Waals surface area contributed by atoms with E-state index in [-0.39, 0.29) is 23.6 Å². The van der Waals surface area contributed by atoms with Crippen LogP contribution in [0.25, 0.3) is 0 Å². The van der Waals surface area contributed by atoms with Crippen molar-refractivity contribution in [3.05, 3.63) is 28.5 Å². The van der Waals surface area contributed by atoms with Gasteiger partial charge in [0.1, 0.15) is 0 Å². The molecule has 1 rings (SSSR count). The fourth-order valence-electron chi connectivity index (χ4n) is 1.23. The van der Waals surface area contributed by atoms with Gasteiger partial charge < -0.3 is 15.5 Å². The Labute approximate surface area is 109 Å². The third-order valence-electron chi connectivity index (χ3n) is 2.22. The van der Waals surface area contributed by atoms with Crippen molar-refractivity contribution < 1.29 is 19.8 Å². The molecule has 0 aromatic carbocycles. The van der Waals surface area contributed by atoms with Crippen LogP contribution in [0.2, 0.25) is 5.02 Å². The van der Waals surface area contributed by atoms with Crippen LogP contribution in [0.1, 0.15) is 22.5 Å². The van der Waals surface area contributed by atoms with Gasteiger partial charge in [-0.15, -0.1) is 0 Å². The van der Waals surface area contributed by atoms with E-state index in [0.717, 1.165) is 0 Å². The number of nitrogens with zero attached hydrogens (tertiary/aromatic N) is 1. The predicted octanol–water partition coefficient (Wildman–Crippen LogP) is 0.609. The summed E-state index contributed by atoms with van der Waals surface area (Å²) in [5.41, 5.74) is 0.907. The summed E-state index contributed by atoms with van der Waals surface area (Å²) in [7, 11) is 0. The fraction of sp³-hybridized carbons (Fsp3) is 0.364. The molecule has 0 radical (unpaired) electrons. The van der Waals surface area contributed by atoms with Gasteiger partial charge in [-0.05, 0) is 13.0 Å². The molecule has 98 valence electrons. The summed E-state index contributed by atoms with van der Waals surface area (Å²) in [6, 6.07) is 1.56. The molecule has 18 heavy (non-hydrogen) atoms. The van der Waals surface area contributed by atoms with Gasteiger partial charge in [-0.2, -0.15) is 0 Å². The van der Waals surface area contributed by atoms with E-state index < -0.39 is 18.0 Å². The summed E-state index contributed by atoms with van der Waals surface area (Å²) < 4.78 is 0. The number of pyridine rings is 1. The maximum Gasteiger partial charge on any atom is 0.332 e. The Morgan fingerprint density at radius 3 is 2.78 bits per heavy atom. The number of aliphatic hydroxyl groups is 1. The summed E-state index contributed by atoms with van der Waals surface area (Å²) >= 11 is 5.87. The summed E-state index contributed by atoms with van der Waals surface area (Å²) in [6.07, 6.45) is -0.213. The van der Waals surface area contributed by atoms with Gasteiger partial charge in [0.05, 0.1) is 10.6 Å². The monoisotopic (exact) mass is 272 g/mol. The largest absolute Gasteiger partial charge is 0.479 e. The molecule has 0 saturated heterocycles. The van der Waals surface area contributed by atoms with E-state index >= 15 is 0 Å². The Balaban J connectivity index is 2.53. The SMILES string of the molecule is Cc1cc(Cl)c(C(=O)NCC[C@H](O)C(=O)O)cn1. The Hall–Kier alpha value is -1.66. The smallest absolute Gasteiger partial charge is 0.332 e. The number of halogens is 1. The molecule has 0 aliphatic carbocycles. The molecule has 7 heteroatoms. The topological polar surface area (TPSA) is 99.5 Å². The summed E-state index contributed by atoms with van der Waals surface area (Å²) in [5.74, 6) is -1.77. The number of carboxylic acid groups (broad SMARTS) is 1. The lowest BCUT2D eigenvalue weighted by molar-refractivity contribution is -0.146. The number of nitrogens with one attached hydrogen (secondary N) is 1. The van der Waals surface area contributed by atoms with Crippen LogP contribution < -0.4 is 5.32 Å². The molecule has 6 nitrogen and oxygen atoms in total. The normalized spacial score (nSPS) is 11.9. The highest BCUT2D eigenvalue weighted by Crippen LogP contribution is 2.15. The van der Waals surface area contributed by atoms with Crippen molar-refractivity contribution in [3.63, 3.8) is 0 Å². The second-order valence-corrected chi connectivity index (χ2v) is 4.11. The van der Waals surface area contributed by atoms with Crippen LogP contribution in [0.3, 0.4) is 0 Å². The third-order valence-corrected chi connectivity index (χ3v) is 2.54. The Bertz CT molecular complexity index is 464. The molecular weight excluding hydrogens is 260 g/mol. The molecule has 1 atom stereocenters. The zero-order valence-electron chi connectivity index (χ0n) is 9.68. The molecule has 1 aromatic heterocycles. The zero-order valence-corrected chi connectivity index (χ0v) is 10.4. The van der Waals surface area contributed by atoms with E-state index in [2.05, 4.69) is 10.3 Å². The number of carbonyl (C=O) groups excluding carboxylic acids is 1. The van der Waals surface area contributed by atoms with Crippen LogP contribution in [-0.2, 0) is 4.79 Å². The van der Waals surface area contributed by atoms with Gasteiger partial charge in [-0.25, -0.2) is 4.79 Å². The quantitative estimate of drug-likeness (QED) is 0.729. The number of carbonyl (C=O) groups is 2. The lowest BCUT2D eigenvalue weighted by Gasteiger charge is -2.08. The first kappa shape index (κ1) is 14.4. The van der Waals surface area contributed by atoms with Gasteiger partial charge in [0.15, 0.2) is 6.10 Å². The minimum atomic E-state index is -1.49. The number of rotatable bonds is 5. The van der Waals surface area contributed by atoms with E-state index in [9.17, 15) is 9.59 Å². The first-order chi connectivity index (χ1) is 8.41. The molecule has 1 amide bonds. The van der Waals surface area contributed by atoms with Crippen molar-refractivity contribution in [2.24, 2.45) is 0 Å². The minimum Gasteiger partial charge on any atom is -0.479 e. The second-order valence-electron chi connectivity index (χ2n) is 3.70. The molecule has 0 fully saturated rings. The summed E-state index contributed by atoms with van der Waals surface area (Å²) in [4.78, 5) is 25.9. The van der Waals surface area contributed by atoms with Crippen molar-refractivity contribution in [3.8, 4) is 0 Å². The van der Waals surface area contributed by atoms with Crippen LogP contribution >= 0.6 is 11.6 Å². The number of aryl methyl sites for hydroxylation is 1. The average Bonchev–Trinajstić information content (AvgIpc) is 2.28. The molecule has 1 aromatic rings. The Morgan fingerprint density at radius 1 is 1.56 bits per heavy atom. The Kier molecular flexibility index (Phi) is 5.06. The van der Waals surface area contributed by atoms with E-state index in [1.54, 1.807) is 13.0 Å². The number of aliphatic carboxylic acids is 1. The van der Waals surface area contributed by atoms with Crippen LogP contribution in [0.4, 0.5) is 0 Å². The van der Waals surface area contributed by atoms with Crippen LogP contribution in [0.5, 0.6) is 0 Å². The van der Waals surface area contributed by atoms with Crippen LogP contribution in [-0.4, -0.2) is 39.7 Å². The van der Waals surface area contributed by atoms with E-state index in [0.29, 0.717) is 5.69 Å². The van der Waals surface area contributed by atoms with Crippen molar-refractivity contribution >= 4 is 23.5 Å². The molecule has 0 unspecified atom stereocenters. The molecule has 3 N–H and O–H groups in total. The molecule has 0 aliphatic heterocycles. The standard InChI is InChI=1S/C11H13ClN2O4/c1-6-4-8(12)7(5-14-6)10(16)13-3-2-9(15)11(17)18/h4-5,9,15H,2-3H2,1H3,(H,13,16)(H,17,18)/t9-/m0/s1. The molecule has 0 aliphatic rings. The number of aromatic nitrogens is 1. The molecule has 0 bridgehead atoms. The third kappa shape index (κ3) is 3.97. The predicted molar refractivity (Wildman–Crippen MR) is 64.6 cm³/mol. The van der Waals surface area contributed by atoms with Gasteiger partial charge in [0.2, 0.25) is 0 Å². The maximum absolute atomic E-state index is 11.7. The summed E-state index contributed by atoms with van der Waals surface area (Å²) in [5, 5.41) is 20.2. The van der Waals surface area contributed by atoms with Gasteiger partial charge in [-0.3, -0.25) is 9.78 Å². The highest BCUT2D eigenvalue weighted by molar-refractivity contribution is 6.33. The van der Waals surface area contributed by atoms with Gasteiger partial charge in [0.25, 0.3) is 5.91 Å². The fourth-order valence-corrected chi connectivity index (χ4v) is 1.53. The van der Waals surface area contributed by atoms with E-state index in [4.69, 9.17) is 21.8 Å². The van der Waals surface area contributed by atoms with Crippen LogP contribution in [0, 0.1) is 6.92 Å². The minimum absolute atomic E-state index is 0.0382. The second kappa shape index (κ2) is 6.32. The van der Waals surface area contributed by atoms with Crippen LogP contribution in [0.15, 0.2) is 12.3 Å². The average molecular weight is 273 g/mol. The zero-order chi connectivity index (χ0) is 13.7.